The van der Waals surface area contributed by atoms with Gasteiger partial charge in [-0.25, -0.2) is 0 Å². The van der Waals surface area contributed by atoms with E-state index >= 15 is 0 Å². The molecule has 172 valence electrons. The van der Waals surface area contributed by atoms with Crippen LogP contribution in [0, 0.1) is 35.0 Å². The zero-order chi connectivity index (χ0) is 21.5. The van der Waals surface area contributed by atoms with E-state index < -0.39 is 0 Å². The van der Waals surface area contributed by atoms with Crippen molar-refractivity contribution in [2.45, 2.75) is 109 Å². The van der Waals surface area contributed by atoms with Crippen LogP contribution in [-0.2, 0) is 4.74 Å². The van der Waals surface area contributed by atoms with Crippen molar-refractivity contribution in [3.05, 3.63) is 22.8 Å². The van der Waals surface area contributed by atoms with Crippen molar-refractivity contribution in [1.29, 1.82) is 0 Å². The highest BCUT2D eigenvalue weighted by atomic mass is 16.5. The molecular weight excluding hydrogens is 382 g/mol. The smallest absolute Gasteiger partial charge is 0.0765 e. The molecule has 3 nitrogen and oxygen atoms in total. The minimum atomic E-state index is -0.107. The maximum Gasteiger partial charge on any atom is 0.0765 e. The minimum absolute atomic E-state index is 0.0534. The summed E-state index contributed by atoms with van der Waals surface area (Å²) in [6.45, 7) is 11.0. The SMILES string of the molecule is CC1=C2CC3[C@@H](CC=C4C[C@@H](O)CC[C@@]43C)C2CC[C@@]2(C1)O[C@@H]1C[C@H](C)CN[C@H]1[C@H]2C. The first-order chi connectivity index (χ1) is 14.8. The first kappa shape index (κ1) is 20.9. The molecule has 0 aromatic carbocycles. The summed E-state index contributed by atoms with van der Waals surface area (Å²) in [5, 5.41) is 14.1. The number of aliphatic hydroxyl groups excluding tert-OH is 1. The van der Waals surface area contributed by atoms with Crippen molar-refractivity contribution in [2.24, 2.45) is 35.0 Å². The molecule has 10 atom stereocenters. The van der Waals surface area contributed by atoms with Crippen LogP contribution in [0.25, 0.3) is 0 Å². The Labute approximate surface area is 189 Å². The molecule has 31 heavy (non-hydrogen) atoms. The number of aliphatic hydroxyl groups is 1. The second-order valence-corrected chi connectivity index (χ2v) is 12.7. The zero-order valence-corrected chi connectivity index (χ0v) is 20.1. The van der Waals surface area contributed by atoms with E-state index in [9.17, 15) is 5.11 Å². The number of ether oxygens (including phenoxy) is 1. The maximum absolute atomic E-state index is 10.3. The van der Waals surface area contributed by atoms with Crippen molar-refractivity contribution in [2.75, 3.05) is 6.54 Å². The quantitative estimate of drug-likeness (QED) is 0.511. The third-order valence-corrected chi connectivity index (χ3v) is 11.0. The van der Waals surface area contributed by atoms with Gasteiger partial charge in [-0.05, 0) is 100 Å². The fraction of sp³-hybridized carbons (Fsp3) is 0.857. The average molecular weight is 426 g/mol. The molecule has 2 saturated heterocycles. The van der Waals surface area contributed by atoms with E-state index in [0.29, 0.717) is 23.5 Å². The lowest BCUT2D eigenvalue weighted by Crippen LogP contribution is -2.48. The van der Waals surface area contributed by atoms with Gasteiger partial charge in [-0.2, -0.15) is 0 Å². The summed E-state index contributed by atoms with van der Waals surface area (Å²) < 4.78 is 7.01. The van der Waals surface area contributed by atoms with Crippen LogP contribution in [0.15, 0.2) is 22.8 Å². The molecule has 4 fully saturated rings. The largest absolute Gasteiger partial charge is 0.393 e. The lowest BCUT2D eigenvalue weighted by molar-refractivity contribution is -0.0720. The first-order valence-corrected chi connectivity index (χ1v) is 13.3. The van der Waals surface area contributed by atoms with Crippen LogP contribution < -0.4 is 5.32 Å². The van der Waals surface area contributed by atoms with E-state index in [4.69, 9.17) is 4.74 Å². The summed E-state index contributed by atoms with van der Waals surface area (Å²) in [6.07, 6.45) is 13.4. The van der Waals surface area contributed by atoms with Crippen LogP contribution in [0.4, 0.5) is 0 Å². The monoisotopic (exact) mass is 425 g/mol. The van der Waals surface area contributed by atoms with Crippen LogP contribution >= 0.6 is 0 Å². The van der Waals surface area contributed by atoms with Gasteiger partial charge in [0, 0.05) is 12.0 Å². The number of allylic oxidation sites excluding steroid dienone is 2. The summed E-state index contributed by atoms with van der Waals surface area (Å²) >= 11 is 0. The maximum atomic E-state index is 10.3. The summed E-state index contributed by atoms with van der Waals surface area (Å²) in [5.74, 6) is 3.69. The Morgan fingerprint density at radius 1 is 1.16 bits per heavy atom. The van der Waals surface area contributed by atoms with Crippen LogP contribution in [0.5, 0.6) is 0 Å². The van der Waals surface area contributed by atoms with Crippen LogP contribution in [-0.4, -0.2) is 35.5 Å². The van der Waals surface area contributed by atoms with Crippen molar-refractivity contribution in [3.63, 3.8) is 0 Å². The predicted molar refractivity (Wildman–Crippen MR) is 125 cm³/mol. The molecule has 3 heteroatoms. The summed E-state index contributed by atoms with van der Waals surface area (Å²) in [7, 11) is 0. The fourth-order valence-corrected chi connectivity index (χ4v) is 9.21. The van der Waals surface area contributed by atoms with E-state index in [1.807, 2.05) is 0 Å². The van der Waals surface area contributed by atoms with E-state index in [0.717, 1.165) is 49.5 Å². The molecule has 2 unspecified atom stereocenters. The van der Waals surface area contributed by atoms with E-state index in [2.05, 4.69) is 39.1 Å². The van der Waals surface area contributed by atoms with E-state index in [1.54, 1.807) is 16.7 Å². The second-order valence-electron chi connectivity index (χ2n) is 12.7. The van der Waals surface area contributed by atoms with E-state index in [-0.39, 0.29) is 11.7 Å². The van der Waals surface area contributed by atoms with Crippen LogP contribution in [0.1, 0.15) is 85.5 Å². The number of fused-ring (bicyclic) bond motifs is 6. The Morgan fingerprint density at radius 3 is 2.84 bits per heavy atom. The van der Waals surface area contributed by atoms with Gasteiger partial charge in [-0.3, -0.25) is 0 Å². The van der Waals surface area contributed by atoms with Gasteiger partial charge in [-0.1, -0.05) is 43.6 Å². The number of hydrogen-bond donors (Lipinski definition) is 2. The molecule has 2 aliphatic heterocycles. The van der Waals surface area contributed by atoms with Gasteiger partial charge in [0.15, 0.2) is 0 Å². The molecule has 0 bridgehead atoms. The molecule has 2 heterocycles. The van der Waals surface area contributed by atoms with Gasteiger partial charge in [0.05, 0.1) is 17.8 Å². The highest BCUT2D eigenvalue weighted by Crippen LogP contribution is 2.63. The fourth-order valence-electron chi connectivity index (χ4n) is 9.21. The number of piperidine rings is 1. The Kier molecular flexibility index (Phi) is 4.85. The molecule has 1 spiro atoms. The van der Waals surface area contributed by atoms with Gasteiger partial charge < -0.3 is 15.2 Å². The molecule has 0 amide bonds. The third-order valence-electron chi connectivity index (χ3n) is 11.0. The normalized spacial score (nSPS) is 54.0. The minimum Gasteiger partial charge on any atom is -0.393 e. The highest BCUT2D eigenvalue weighted by molar-refractivity contribution is 5.33. The molecule has 0 aromatic rings. The Bertz CT molecular complexity index is 816. The first-order valence-electron chi connectivity index (χ1n) is 13.3. The molecule has 2 N–H and O–H groups in total. The number of rotatable bonds is 0. The predicted octanol–water partition coefficient (Wildman–Crippen LogP) is 5.39. The Morgan fingerprint density at radius 2 is 2.00 bits per heavy atom. The van der Waals surface area contributed by atoms with Crippen molar-refractivity contribution in [3.8, 4) is 0 Å². The molecule has 4 aliphatic carbocycles. The summed E-state index contributed by atoms with van der Waals surface area (Å²) in [4.78, 5) is 0. The average Bonchev–Trinajstić information content (AvgIpc) is 3.19. The Balaban J connectivity index is 1.28. The second kappa shape index (κ2) is 7.18. The molecule has 0 radical (unpaired) electrons. The van der Waals surface area contributed by atoms with E-state index in [1.165, 1.54) is 38.5 Å². The topological polar surface area (TPSA) is 41.5 Å². The third kappa shape index (κ3) is 3.02. The van der Waals surface area contributed by atoms with Gasteiger partial charge in [0.2, 0.25) is 0 Å². The number of nitrogens with one attached hydrogen (secondary N) is 1. The van der Waals surface area contributed by atoms with Crippen LogP contribution in [0.3, 0.4) is 0 Å². The Hall–Kier alpha value is -0.640. The van der Waals surface area contributed by atoms with Gasteiger partial charge in [0.25, 0.3) is 0 Å². The van der Waals surface area contributed by atoms with Crippen molar-refractivity contribution in [1.82, 2.24) is 5.32 Å². The zero-order valence-electron chi connectivity index (χ0n) is 20.1. The molecule has 2 saturated carbocycles. The highest BCUT2D eigenvalue weighted by Gasteiger charge is 2.58. The standard InChI is InChI=1S/C28H43NO2/c1-16-11-25-26(29-15-16)18(3)28(31-25)10-8-21-22-6-5-19-12-20(30)7-9-27(19,4)24(22)13-23(21)17(2)14-28/h5,16,18,20-22,24-26,29-30H,6-15H2,1-4H3/t16-,18+,20-,21?,22-,24?,25+,26-,27-,28-/m0/s1. The lowest BCUT2D eigenvalue weighted by Gasteiger charge is -2.49. The summed E-state index contributed by atoms with van der Waals surface area (Å²) in [5.41, 5.74) is 5.43. The molecular formula is C28H43NO2. The van der Waals surface area contributed by atoms with Gasteiger partial charge in [0.1, 0.15) is 0 Å². The molecule has 6 aliphatic rings. The van der Waals surface area contributed by atoms with Crippen LogP contribution in [0.2, 0.25) is 0 Å². The molecule has 6 rings (SSSR count). The van der Waals surface area contributed by atoms with Gasteiger partial charge >= 0.3 is 0 Å². The van der Waals surface area contributed by atoms with Gasteiger partial charge in [-0.15, -0.1) is 0 Å². The summed E-state index contributed by atoms with van der Waals surface area (Å²) in [6, 6.07) is 0.549. The molecule has 0 aromatic heterocycles. The van der Waals surface area contributed by atoms with Crippen molar-refractivity contribution < 1.29 is 9.84 Å². The van der Waals surface area contributed by atoms with Crippen molar-refractivity contribution >= 4 is 0 Å². The lowest BCUT2D eigenvalue weighted by atomic mass is 9.56. The number of hydrogen-bond acceptors (Lipinski definition) is 3.